The molecule has 35 atom stereocenters. The highest BCUT2D eigenvalue weighted by Gasteiger charge is 2.60. The number of hydrogen-bond acceptors (Lipinski definition) is 35. The summed E-state index contributed by atoms with van der Waals surface area (Å²) in [6.07, 6.45) is -60.2. The van der Waals surface area contributed by atoms with Crippen molar-refractivity contribution in [2.24, 2.45) is 0 Å². The van der Waals surface area contributed by atoms with Gasteiger partial charge in [-0.2, -0.15) is 0 Å². The number of carbonyl (C=O) groups is 4. The van der Waals surface area contributed by atoms with Gasteiger partial charge in [-0.05, 0) is 6.92 Å². The SMILES string of the molecule is CC(=O)N[C@@H]1[C@@H](O[C@@H]2O[C@H](CO)[C@@H](O)[C@H](O[C@@H]3O[C@H](CO)[C@H](O)[C@H](O[C@@H]4O[C@H](CO)[C@@H](O[C@@H]5O[C@H](CO)[C@H](O)[C@H](O[C@H]6O[C@H](CO)[C@H](O)[C@H](O)[C@H]6NC(C)=O)[C@H]5O[C@@H]5O[C@@H](C)[C@@H](O)[C@@H](O)[C@@H]5O)[C@H](O)[C@H]4NC(C)=O)[C@H]3O)[C@H]2NC(C)=O)[C@@H](O)[C@@H](CO)O[C@@H]1O. The first-order valence-electron chi connectivity index (χ1n) is 28.5. The summed E-state index contributed by atoms with van der Waals surface area (Å²) >= 11 is 0. The van der Waals surface area contributed by atoms with Crippen molar-refractivity contribution in [3.8, 4) is 0 Å². The van der Waals surface area contributed by atoms with E-state index in [-0.39, 0.29) is 0 Å². The second kappa shape index (κ2) is 31.7. The summed E-state index contributed by atoms with van der Waals surface area (Å²) in [6.45, 7) is -0.891. The minimum Gasteiger partial charge on any atom is -0.394 e. The van der Waals surface area contributed by atoms with Gasteiger partial charge in [0.05, 0.1) is 45.7 Å². The molecule has 22 N–H and O–H groups in total. The summed E-state index contributed by atoms with van der Waals surface area (Å²) in [6, 6.07) is -7.01. The normalized spacial score (nSPS) is 48.0. The number of aliphatic hydroxyl groups is 18. The Morgan fingerprint density at radius 3 is 1.15 bits per heavy atom. The van der Waals surface area contributed by atoms with E-state index in [1.165, 1.54) is 6.92 Å². The van der Waals surface area contributed by atoms with Crippen LogP contribution >= 0.6 is 0 Å². The molecule has 0 radical (unpaired) electrons. The highest BCUT2D eigenvalue weighted by Crippen LogP contribution is 2.39. The lowest BCUT2D eigenvalue weighted by molar-refractivity contribution is -0.402. The molecule has 7 aliphatic rings. The number of aliphatic hydroxyl groups excluding tert-OH is 18. The molecule has 0 spiro atoms. The van der Waals surface area contributed by atoms with Crippen molar-refractivity contribution >= 4 is 23.6 Å². The van der Waals surface area contributed by atoms with Crippen molar-refractivity contribution in [3.63, 3.8) is 0 Å². The number of carbonyl (C=O) groups excluding carboxylic acids is 4. The third-order valence-electron chi connectivity index (χ3n) is 16.1. The third kappa shape index (κ3) is 16.2. The van der Waals surface area contributed by atoms with Gasteiger partial charge in [-0.25, -0.2) is 0 Å². The smallest absolute Gasteiger partial charge is 0.217 e. The van der Waals surface area contributed by atoms with E-state index in [4.69, 9.17) is 61.6 Å². The van der Waals surface area contributed by atoms with Crippen LogP contribution in [0.15, 0.2) is 0 Å². The average Bonchev–Trinajstić information content (AvgIpc) is 0.819. The first kappa shape index (κ1) is 73.1. The Morgan fingerprint density at radius 2 is 0.629 bits per heavy atom. The Morgan fingerprint density at radius 1 is 0.292 bits per heavy atom. The van der Waals surface area contributed by atoms with Gasteiger partial charge in [0.25, 0.3) is 0 Å². The van der Waals surface area contributed by atoms with Crippen LogP contribution in [-0.2, 0) is 80.8 Å². The Labute approximate surface area is 505 Å². The van der Waals surface area contributed by atoms with Crippen LogP contribution in [0.2, 0.25) is 0 Å². The largest absolute Gasteiger partial charge is 0.394 e. The van der Waals surface area contributed by atoms with Crippen LogP contribution in [0.3, 0.4) is 0 Å². The average molecular weight is 1300 g/mol. The fourth-order valence-corrected chi connectivity index (χ4v) is 11.5. The van der Waals surface area contributed by atoms with Gasteiger partial charge >= 0.3 is 0 Å². The van der Waals surface area contributed by atoms with Crippen molar-refractivity contribution < 1.29 is 173 Å². The molecule has 0 aromatic carbocycles. The standard InChI is InChI=1S/C50H84N4O35/c1-12-27(65)35(73)36(74)48(77-12)89-43-42(88-45-23(51-13(2)61)33(71)28(66)17(6-55)79-45)32(70)21(10-59)82-50(43)84-38-22(11-60)83-46(24(34(38)72)52-14(3)62)87-41-31(69)20(9-58)81-49(37(41)75)86-40-26(54-16(5)64)47(80-19(8-57)30(40)68)85-39-25(53-15(4)63)44(76)78-18(7-56)29(39)67/h12,17-50,55-60,65-76H,6-11H2,1-5H3,(H,51,61)(H,52,62)(H,53,63)(H,54,64)/t12-,17+,18+,19+,20+,21+,22+,23+,24+,25+,26+,27+,28-,29-,30+,31-,32-,33+,34+,35+,36-,37+,38+,39+,40+,41-,42-,43+,44-,45+,46-,47-,48-,49-,50-/m0/s1. The predicted octanol–water partition coefficient (Wildman–Crippen LogP) is -14.7. The van der Waals surface area contributed by atoms with E-state index in [9.17, 15) is 111 Å². The first-order valence-corrected chi connectivity index (χ1v) is 28.5. The molecular weight excluding hydrogens is 1220 g/mol. The van der Waals surface area contributed by atoms with Gasteiger partial charge < -0.3 is 175 Å². The van der Waals surface area contributed by atoms with Gasteiger partial charge in [0, 0.05) is 27.7 Å². The van der Waals surface area contributed by atoms with Gasteiger partial charge in [-0.1, -0.05) is 0 Å². The molecule has 0 saturated carbocycles. The maximum absolute atomic E-state index is 13.0. The quantitative estimate of drug-likeness (QED) is 0.0479. The maximum atomic E-state index is 13.0. The van der Waals surface area contributed by atoms with E-state index in [2.05, 4.69) is 21.3 Å². The molecule has 7 fully saturated rings. The molecule has 0 bridgehead atoms. The zero-order chi connectivity index (χ0) is 65.8. The fraction of sp³-hybridized carbons (Fsp3) is 0.920. The van der Waals surface area contributed by atoms with Gasteiger partial charge in [-0.3, -0.25) is 19.2 Å². The molecule has 39 nitrogen and oxygen atoms in total. The van der Waals surface area contributed by atoms with E-state index >= 15 is 0 Å². The van der Waals surface area contributed by atoms with Crippen molar-refractivity contribution in [3.05, 3.63) is 0 Å². The highest BCUT2D eigenvalue weighted by molar-refractivity contribution is 5.74. The van der Waals surface area contributed by atoms with Crippen LogP contribution in [0.1, 0.15) is 34.6 Å². The minimum absolute atomic E-state index is 0.762. The fourth-order valence-electron chi connectivity index (χ4n) is 11.5. The topological polar surface area (TPSA) is 601 Å². The number of nitrogens with one attached hydrogen (secondary N) is 4. The van der Waals surface area contributed by atoms with Crippen molar-refractivity contribution in [1.82, 2.24) is 21.3 Å². The maximum Gasteiger partial charge on any atom is 0.217 e. The zero-order valence-electron chi connectivity index (χ0n) is 48.4. The van der Waals surface area contributed by atoms with Crippen molar-refractivity contribution in [1.29, 1.82) is 0 Å². The van der Waals surface area contributed by atoms with Crippen molar-refractivity contribution in [2.75, 3.05) is 39.6 Å². The molecule has 0 aliphatic carbocycles. The Hall–Kier alpha value is -3.36. The molecule has 4 amide bonds. The molecule has 0 unspecified atom stereocenters. The summed E-state index contributed by atoms with van der Waals surface area (Å²) in [5.41, 5.74) is 0. The second-order valence-electron chi connectivity index (χ2n) is 22.5. The van der Waals surface area contributed by atoms with Crippen LogP contribution in [0.25, 0.3) is 0 Å². The summed E-state index contributed by atoms with van der Waals surface area (Å²) in [4.78, 5) is 50.5. The van der Waals surface area contributed by atoms with Crippen molar-refractivity contribution in [2.45, 2.75) is 249 Å². The number of ether oxygens (including phenoxy) is 13. The van der Waals surface area contributed by atoms with Crippen LogP contribution in [0.4, 0.5) is 0 Å². The summed E-state index contributed by atoms with van der Waals surface area (Å²) in [7, 11) is 0. The Kier molecular flexibility index (Phi) is 26.0. The molecule has 39 heteroatoms. The molecule has 0 aromatic heterocycles. The van der Waals surface area contributed by atoms with E-state index in [0.29, 0.717) is 0 Å². The zero-order valence-corrected chi connectivity index (χ0v) is 48.4. The van der Waals surface area contributed by atoms with Crippen LogP contribution in [0, 0.1) is 0 Å². The van der Waals surface area contributed by atoms with E-state index in [1.54, 1.807) is 0 Å². The summed E-state index contributed by atoms with van der Waals surface area (Å²) < 4.78 is 77.0. The third-order valence-corrected chi connectivity index (χ3v) is 16.1. The van der Waals surface area contributed by atoms with Gasteiger partial charge in [-0.15, -0.1) is 0 Å². The van der Waals surface area contributed by atoms with Gasteiger partial charge in [0.1, 0.15) is 165 Å². The van der Waals surface area contributed by atoms with Crippen LogP contribution in [-0.4, -0.2) is 370 Å². The molecule has 7 rings (SSSR count). The molecule has 7 saturated heterocycles. The van der Waals surface area contributed by atoms with Gasteiger partial charge in [0.2, 0.25) is 23.6 Å². The van der Waals surface area contributed by atoms with E-state index in [0.717, 1.165) is 27.7 Å². The molecule has 514 valence electrons. The predicted molar refractivity (Wildman–Crippen MR) is 277 cm³/mol. The second-order valence-corrected chi connectivity index (χ2v) is 22.5. The Balaban J connectivity index is 1.19. The molecule has 89 heavy (non-hydrogen) atoms. The Bertz CT molecular complexity index is 2290. The monoisotopic (exact) mass is 1300 g/mol. The lowest BCUT2D eigenvalue weighted by Crippen LogP contribution is -2.71. The number of amides is 4. The minimum atomic E-state index is -2.32. The lowest BCUT2D eigenvalue weighted by Gasteiger charge is -2.52. The lowest BCUT2D eigenvalue weighted by atomic mass is 9.93. The summed E-state index contributed by atoms with van der Waals surface area (Å²) in [5.74, 6) is -3.37. The first-order chi connectivity index (χ1) is 42.0. The van der Waals surface area contributed by atoms with Crippen LogP contribution in [0.5, 0.6) is 0 Å². The van der Waals surface area contributed by atoms with E-state index < -0.39 is 278 Å². The van der Waals surface area contributed by atoms with Gasteiger partial charge in [0.15, 0.2) is 44.0 Å². The number of rotatable bonds is 22. The molecule has 7 aliphatic heterocycles. The number of hydrogen-bond donors (Lipinski definition) is 22. The highest BCUT2D eigenvalue weighted by atomic mass is 16.8. The van der Waals surface area contributed by atoms with E-state index in [1.807, 2.05) is 0 Å². The molecule has 0 aromatic rings. The summed E-state index contributed by atoms with van der Waals surface area (Å²) in [5, 5.41) is 208. The molecule has 7 heterocycles. The van der Waals surface area contributed by atoms with Crippen LogP contribution < -0.4 is 21.3 Å². The molecular formula is C50H84N4O35.